The number of carboxylic acid groups (broad SMARTS) is 1. The number of urea groups is 1. The number of halogens is 1. The quantitative estimate of drug-likeness (QED) is 0.479. The molecule has 2 N–H and O–H groups in total. The Morgan fingerprint density at radius 3 is 2.53 bits per heavy atom. The lowest BCUT2D eigenvalue weighted by Gasteiger charge is -2.23. The summed E-state index contributed by atoms with van der Waals surface area (Å²) < 4.78 is 11.1. The molecule has 1 saturated carbocycles. The van der Waals surface area contributed by atoms with Crippen molar-refractivity contribution in [2.45, 2.75) is 32.3 Å². The third-order valence-electron chi connectivity index (χ3n) is 5.20. The molecule has 1 aliphatic carbocycles. The van der Waals surface area contributed by atoms with Crippen LogP contribution in [0.3, 0.4) is 0 Å². The van der Waals surface area contributed by atoms with E-state index in [1.807, 2.05) is 24.3 Å². The maximum atomic E-state index is 12.8. The zero-order valence-electron chi connectivity index (χ0n) is 18.1. The van der Waals surface area contributed by atoms with Crippen molar-refractivity contribution < 1.29 is 24.2 Å². The second-order valence-corrected chi connectivity index (χ2v) is 8.19. The van der Waals surface area contributed by atoms with Gasteiger partial charge >= 0.3 is 12.0 Å². The molecule has 172 valence electrons. The fraction of sp³-hybridized carbons (Fsp3) is 0.417. The molecular formula is C24H29ClN2O5. The summed E-state index contributed by atoms with van der Waals surface area (Å²) in [5, 5.41) is 12.6. The molecule has 3 rings (SSSR count). The Morgan fingerprint density at radius 1 is 1.19 bits per heavy atom. The van der Waals surface area contributed by atoms with Crippen molar-refractivity contribution in [1.82, 2.24) is 4.90 Å². The van der Waals surface area contributed by atoms with Crippen LogP contribution in [0.5, 0.6) is 5.75 Å². The number of amides is 2. The van der Waals surface area contributed by atoms with Gasteiger partial charge in [-0.05, 0) is 55.5 Å². The second-order valence-electron chi connectivity index (χ2n) is 7.78. The molecule has 2 amide bonds. The van der Waals surface area contributed by atoms with Crippen LogP contribution in [0.1, 0.15) is 25.3 Å². The van der Waals surface area contributed by atoms with E-state index in [0.717, 1.165) is 18.4 Å². The molecule has 0 aliphatic heterocycles. The Hall–Kier alpha value is -2.77. The number of carbonyl (C=O) groups is 2. The number of hydrogen-bond donors (Lipinski definition) is 2. The molecule has 2 aromatic rings. The van der Waals surface area contributed by atoms with E-state index in [1.165, 1.54) is 0 Å². The number of para-hydroxylation sites is 1. The number of benzene rings is 2. The maximum Gasteiger partial charge on any atom is 0.333 e. The lowest BCUT2D eigenvalue weighted by molar-refractivity contribution is -0.149. The summed E-state index contributed by atoms with van der Waals surface area (Å²) in [7, 11) is 0. The summed E-state index contributed by atoms with van der Waals surface area (Å²) >= 11 is 6.16. The van der Waals surface area contributed by atoms with Gasteiger partial charge in [-0.1, -0.05) is 35.9 Å². The van der Waals surface area contributed by atoms with Crippen LogP contribution in [0.15, 0.2) is 48.5 Å². The highest BCUT2D eigenvalue weighted by molar-refractivity contribution is 6.33. The average molecular weight is 461 g/mol. The van der Waals surface area contributed by atoms with Gasteiger partial charge in [-0.25, -0.2) is 9.59 Å². The van der Waals surface area contributed by atoms with Gasteiger partial charge in [0.05, 0.1) is 17.3 Å². The Bertz CT molecular complexity index is 902. The van der Waals surface area contributed by atoms with Crippen molar-refractivity contribution in [2.24, 2.45) is 5.92 Å². The van der Waals surface area contributed by atoms with Gasteiger partial charge in [-0.2, -0.15) is 0 Å². The summed E-state index contributed by atoms with van der Waals surface area (Å²) in [6.07, 6.45) is 1.70. The van der Waals surface area contributed by atoms with E-state index >= 15 is 0 Å². The van der Waals surface area contributed by atoms with Crippen LogP contribution in [-0.4, -0.2) is 54.4 Å². The number of anilines is 1. The first-order valence-electron chi connectivity index (χ1n) is 10.8. The highest BCUT2D eigenvalue weighted by Gasteiger charge is 2.27. The molecule has 0 heterocycles. The van der Waals surface area contributed by atoms with Gasteiger partial charge in [0.15, 0.2) is 6.10 Å². The van der Waals surface area contributed by atoms with Crippen LogP contribution in [-0.2, 0) is 16.0 Å². The van der Waals surface area contributed by atoms with E-state index in [-0.39, 0.29) is 6.03 Å². The number of carboxylic acids is 1. The monoisotopic (exact) mass is 460 g/mol. The summed E-state index contributed by atoms with van der Waals surface area (Å²) in [5.74, 6) is 0.228. The first kappa shape index (κ1) is 23.9. The van der Waals surface area contributed by atoms with Crippen LogP contribution in [0, 0.1) is 5.92 Å². The maximum absolute atomic E-state index is 12.8. The number of rotatable bonds is 12. The van der Waals surface area contributed by atoms with Crippen molar-refractivity contribution in [3.8, 4) is 5.75 Å². The number of hydrogen-bond acceptors (Lipinski definition) is 4. The van der Waals surface area contributed by atoms with Crippen LogP contribution >= 0.6 is 11.6 Å². The van der Waals surface area contributed by atoms with E-state index in [2.05, 4.69) is 5.32 Å². The SMILES string of the molecule is CCOC(Cc1ccc(OCCN(CC2CC2)C(=O)Nc2ccccc2Cl)cc1)C(=O)O. The molecule has 32 heavy (non-hydrogen) atoms. The molecule has 0 bridgehead atoms. The van der Waals surface area contributed by atoms with E-state index in [1.54, 1.807) is 36.1 Å². The highest BCUT2D eigenvalue weighted by atomic mass is 35.5. The van der Waals surface area contributed by atoms with E-state index < -0.39 is 12.1 Å². The molecule has 0 spiro atoms. The van der Waals surface area contributed by atoms with Crippen LogP contribution < -0.4 is 10.1 Å². The molecule has 1 unspecified atom stereocenters. The number of ether oxygens (including phenoxy) is 2. The lowest BCUT2D eigenvalue weighted by Crippen LogP contribution is -2.39. The molecular weight excluding hydrogens is 432 g/mol. The van der Waals surface area contributed by atoms with Crippen molar-refractivity contribution in [3.63, 3.8) is 0 Å². The fourth-order valence-corrected chi connectivity index (χ4v) is 3.46. The van der Waals surface area contributed by atoms with Crippen molar-refractivity contribution in [1.29, 1.82) is 0 Å². The minimum atomic E-state index is -0.974. The number of carbonyl (C=O) groups excluding carboxylic acids is 1. The fourth-order valence-electron chi connectivity index (χ4n) is 3.27. The van der Waals surface area contributed by atoms with Crippen molar-refractivity contribution >= 4 is 29.3 Å². The predicted octanol–water partition coefficient (Wildman–Crippen LogP) is 4.70. The summed E-state index contributed by atoms with van der Waals surface area (Å²) in [4.78, 5) is 25.8. The molecule has 7 nitrogen and oxygen atoms in total. The van der Waals surface area contributed by atoms with Crippen LogP contribution in [0.2, 0.25) is 5.02 Å². The van der Waals surface area contributed by atoms with Gasteiger partial charge in [-0.3, -0.25) is 0 Å². The number of aliphatic carboxylic acids is 1. The third-order valence-corrected chi connectivity index (χ3v) is 5.53. The second kappa shape index (κ2) is 11.7. The van der Waals surface area contributed by atoms with Crippen LogP contribution in [0.25, 0.3) is 0 Å². The number of nitrogens with one attached hydrogen (secondary N) is 1. The number of nitrogens with zero attached hydrogens (tertiary/aromatic N) is 1. The van der Waals surface area contributed by atoms with E-state index in [4.69, 9.17) is 21.1 Å². The topological polar surface area (TPSA) is 88.1 Å². The van der Waals surface area contributed by atoms with Gasteiger partial charge in [0.2, 0.25) is 0 Å². The van der Waals surface area contributed by atoms with Crippen molar-refractivity contribution in [2.75, 3.05) is 31.6 Å². The summed E-state index contributed by atoms with van der Waals surface area (Å²) in [6.45, 7) is 3.60. The van der Waals surface area contributed by atoms with Gasteiger partial charge in [0.25, 0.3) is 0 Å². The molecule has 1 aliphatic rings. The first-order valence-corrected chi connectivity index (χ1v) is 11.2. The minimum Gasteiger partial charge on any atom is -0.492 e. The zero-order valence-corrected chi connectivity index (χ0v) is 18.9. The normalized spacial score (nSPS) is 13.9. The van der Waals surface area contributed by atoms with Gasteiger partial charge in [0.1, 0.15) is 12.4 Å². The van der Waals surface area contributed by atoms with Crippen LogP contribution in [0.4, 0.5) is 10.5 Å². The van der Waals surface area contributed by atoms with Gasteiger partial charge in [0, 0.05) is 19.6 Å². The Balaban J connectivity index is 1.51. The van der Waals surface area contributed by atoms with Crippen molar-refractivity contribution in [3.05, 3.63) is 59.1 Å². The van der Waals surface area contributed by atoms with E-state index in [0.29, 0.717) is 55.1 Å². The molecule has 8 heteroatoms. The smallest absolute Gasteiger partial charge is 0.333 e. The predicted molar refractivity (Wildman–Crippen MR) is 123 cm³/mol. The minimum absolute atomic E-state index is 0.195. The standard InChI is InChI=1S/C24H29ClN2O5/c1-2-31-22(23(28)29)15-17-9-11-19(12-10-17)32-14-13-27(16-18-7-8-18)24(30)26-21-6-4-3-5-20(21)25/h3-6,9-12,18,22H,2,7-8,13-16H2,1H3,(H,26,30)(H,28,29). The van der Waals surface area contributed by atoms with Gasteiger partial charge in [-0.15, -0.1) is 0 Å². The summed E-state index contributed by atoms with van der Waals surface area (Å²) in [6, 6.07) is 14.2. The molecule has 0 aromatic heterocycles. The molecule has 1 atom stereocenters. The Labute approximate surface area is 193 Å². The zero-order chi connectivity index (χ0) is 22.9. The molecule has 0 radical (unpaired) electrons. The highest BCUT2D eigenvalue weighted by Crippen LogP contribution is 2.30. The molecule has 0 saturated heterocycles. The molecule has 2 aromatic carbocycles. The first-order chi connectivity index (χ1) is 15.5. The Kier molecular flexibility index (Phi) is 8.76. The Morgan fingerprint density at radius 2 is 1.91 bits per heavy atom. The van der Waals surface area contributed by atoms with E-state index in [9.17, 15) is 14.7 Å². The van der Waals surface area contributed by atoms with Gasteiger partial charge < -0.3 is 24.8 Å². The molecule has 1 fully saturated rings. The third kappa shape index (κ3) is 7.43. The largest absolute Gasteiger partial charge is 0.492 e. The summed E-state index contributed by atoms with van der Waals surface area (Å²) in [5.41, 5.74) is 1.44. The lowest BCUT2D eigenvalue weighted by atomic mass is 10.1. The average Bonchev–Trinajstić information content (AvgIpc) is 3.59.